The predicted octanol–water partition coefficient (Wildman–Crippen LogP) is 1.67. The lowest BCUT2D eigenvalue weighted by molar-refractivity contribution is -0.169. The van der Waals surface area contributed by atoms with Crippen LogP contribution in [0.1, 0.15) is 35.1 Å². The van der Waals surface area contributed by atoms with Gasteiger partial charge in [0.2, 0.25) is 5.78 Å². The number of ketones is 2. The van der Waals surface area contributed by atoms with Crippen molar-refractivity contribution in [1.82, 2.24) is 4.90 Å². The first-order valence-corrected chi connectivity index (χ1v) is 12.8. The van der Waals surface area contributed by atoms with Crippen LogP contribution in [-0.4, -0.2) is 79.7 Å². The molecule has 0 spiro atoms. The van der Waals surface area contributed by atoms with Crippen LogP contribution in [0.25, 0.3) is 17.9 Å². The molecule has 0 aliphatic heterocycles. The second-order valence-electron chi connectivity index (χ2n) is 10.8. The smallest absolute Gasteiger partial charge is 0.255 e. The summed E-state index contributed by atoms with van der Waals surface area (Å²) in [5, 5.41) is 57.0. The Morgan fingerprint density at radius 1 is 1.02 bits per heavy atom. The zero-order valence-corrected chi connectivity index (χ0v) is 22.1. The van der Waals surface area contributed by atoms with Crippen molar-refractivity contribution in [2.24, 2.45) is 17.6 Å². The Labute approximate surface area is 230 Å². The summed E-state index contributed by atoms with van der Waals surface area (Å²) in [5.41, 5.74) is 2.63. The van der Waals surface area contributed by atoms with E-state index in [1.54, 1.807) is 31.2 Å². The normalized spacial score (nSPS) is 30.0. The van der Waals surface area contributed by atoms with Crippen LogP contribution in [0.3, 0.4) is 0 Å². The van der Waals surface area contributed by atoms with Crippen molar-refractivity contribution >= 4 is 35.4 Å². The molecule has 7 N–H and O–H groups in total. The fourth-order valence-electron chi connectivity index (χ4n) is 6.52. The average Bonchev–Trinajstić information content (AvgIpc) is 2.90. The molecule has 1 saturated carbocycles. The SMILES string of the molecule is C[C@@H]1c2ccc(/C=C/c3ccccc3)c(O)c2C(O)=C2C(=O)[C@@]3(O)C(O)=C(C(N)=O)C(=O)[C@H](N(C)C)[C@H]3[C@H](O)[C@H]21. The summed E-state index contributed by atoms with van der Waals surface area (Å²) in [4.78, 5) is 40.7. The number of benzene rings is 2. The topological polar surface area (TPSA) is 182 Å². The van der Waals surface area contributed by atoms with Gasteiger partial charge in [0.05, 0.1) is 23.6 Å². The van der Waals surface area contributed by atoms with E-state index in [9.17, 15) is 39.9 Å². The third-order valence-corrected chi connectivity index (χ3v) is 8.42. The van der Waals surface area contributed by atoms with Crippen LogP contribution in [0.5, 0.6) is 5.75 Å². The first-order valence-electron chi connectivity index (χ1n) is 12.8. The lowest BCUT2D eigenvalue weighted by Crippen LogP contribution is -2.70. The van der Waals surface area contributed by atoms with Gasteiger partial charge in [-0.25, -0.2) is 0 Å². The number of hydrogen-bond acceptors (Lipinski definition) is 9. The fraction of sp³-hybridized carbons (Fsp3) is 0.300. The molecule has 0 aromatic heterocycles. The van der Waals surface area contributed by atoms with E-state index in [-0.39, 0.29) is 11.3 Å². The summed E-state index contributed by atoms with van der Waals surface area (Å²) in [6.07, 6.45) is 1.77. The van der Waals surface area contributed by atoms with E-state index >= 15 is 0 Å². The first kappa shape index (κ1) is 27.3. The molecule has 3 aliphatic carbocycles. The molecule has 5 rings (SSSR count). The monoisotopic (exact) mass is 546 g/mol. The maximum atomic E-state index is 14.0. The van der Waals surface area contributed by atoms with Gasteiger partial charge in [0.1, 0.15) is 22.8 Å². The Bertz CT molecular complexity index is 1540. The molecule has 40 heavy (non-hydrogen) atoms. The number of phenolic OH excluding ortho intramolecular Hbond substituents is 1. The van der Waals surface area contributed by atoms with Crippen molar-refractivity contribution in [2.75, 3.05) is 14.1 Å². The van der Waals surface area contributed by atoms with Crippen LogP contribution in [-0.2, 0) is 14.4 Å². The summed E-state index contributed by atoms with van der Waals surface area (Å²) < 4.78 is 0. The summed E-state index contributed by atoms with van der Waals surface area (Å²) in [7, 11) is 2.93. The van der Waals surface area contributed by atoms with E-state index in [0.717, 1.165) is 5.56 Å². The number of carbonyl (C=O) groups is 3. The van der Waals surface area contributed by atoms with Crippen molar-refractivity contribution in [2.45, 2.75) is 30.6 Å². The lowest BCUT2D eigenvalue weighted by Gasteiger charge is -2.53. The van der Waals surface area contributed by atoms with Crippen molar-refractivity contribution in [3.8, 4) is 5.75 Å². The van der Waals surface area contributed by atoms with Crippen molar-refractivity contribution in [3.63, 3.8) is 0 Å². The highest BCUT2D eigenvalue weighted by Gasteiger charge is 2.68. The van der Waals surface area contributed by atoms with Gasteiger partial charge in [-0.2, -0.15) is 0 Å². The number of primary amides is 1. The van der Waals surface area contributed by atoms with Gasteiger partial charge >= 0.3 is 0 Å². The molecule has 0 heterocycles. The highest BCUT2D eigenvalue weighted by molar-refractivity contribution is 6.24. The average molecular weight is 547 g/mol. The minimum absolute atomic E-state index is 0.0498. The number of carbonyl (C=O) groups excluding carboxylic acids is 3. The molecule has 10 heteroatoms. The molecule has 3 aliphatic rings. The number of fused-ring (bicyclic) bond motifs is 3. The number of likely N-dealkylation sites (N-methyl/N-ethyl adjacent to an activating group) is 1. The number of nitrogens with two attached hydrogens (primary N) is 1. The number of aromatic hydroxyl groups is 1. The third kappa shape index (κ3) is 3.64. The van der Waals surface area contributed by atoms with Crippen LogP contribution < -0.4 is 5.73 Å². The number of nitrogens with zero attached hydrogens (tertiary/aromatic N) is 1. The molecule has 0 bridgehead atoms. The third-order valence-electron chi connectivity index (χ3n) is 8.42. The summed E-state index contributed by atoms with van der Waals surface area (Å²) in [5.74, 6) is -9.09. The van der Waals surface area contributed by atoms with E-state index in [4.69, 9.17) is 5.73 Å². The van der Waals surface area contributed by atoms with Gasteiger partial charge in [0.15, 0.2) is 11.4 Å². The minimum atomic E-state index is -2.94. The molecule has 10 nitrogen and oxygen atoms in total. The van der Waals surface area contributed by atoms with Gasteiger partial charge in [0, 0.05) is 17.1 Å². The number of aliphatic hydroxyl groups excluding tert-OH is 3. The number of aliphatic hydroxyl groups is 4. The molecular weight excluding hydrogens is 516 g/mol. The van der Waals surface area contributed by atoms with Crippen molar-refractivity contribution < 1.29 is 39.9 Å². The van der Waals surface area contributed by atoms with E-state index in [1.165, 1.54) is 19.0 Å². The number of phenols is 1. The quantitative estimate of drug-likeness (QED) is 0.245. The molecular formula is C30H30N2O8. The fourth-order valence-corrected chi connectivity index (χ4v) is 6.52. The summed E-state index contributed by atoms with van der Waals surface area (Å²) in [6, 6.07) is 11.3. The molecule has 2 aromatic rings. The summed E-state index contributed by atoms with van der Waals surface area (Å²) >= 11 is 0. The Hall–Kier alpha value is -4.25. The zero-order chi connectivity index (χ0) is 29.3. The predicted molar refractivity (Wildman–Crippen MR) is 146 cm³/mol. The van der Waals surface area contributed by atoms with Crippen LogP contribution in [0.15, 0.2) is 59.4 Å². The lowest BCUT2D eigenvalue weighted by atomic mass is 9.54. The van der Waals surface area contributed by atoms with Crippen LogP contribution in [0.4, 0.5) is 0 Å². The Kier molecular flexibility index (Phi) is 6.45. The molecule has 6 atom stereocenters. The van der Waals surface area contributed by atoms with E-state index in [1.807, 2.05) is 30.3 Å². The van der Waals surface area contributed by atoms with Gasteiger partial charge in [-0.05, 0) is 31.1 Å². The standard InChI is InChI=1S/C30H30N2O8/c1-13-16-12-11-15(10-9-14-7-5-4-6-8-14)23(33)18(16)24(34)19-17(13)25(35)21-22(32(2)3)26(36)20(29(31)39)28(38)30(21,40)27(19)37/h4-13,17,21-22,25,33-35,38,40H,1-3H3,(H2,31,39)/b10-9+/t13-,17+,21+,22-,25-,30-/m1/s1. The van der Waals surface area contributed by atoms with Gasteiger partial charge in [0.25, 0.3) is 5.91 Å². The Balaban J connectivity index is 1.72. The molecule has 2 aromatic carbocycles. The largest absolute Gasteiger partial charge is 0.508 e. The molecule has 1 fully saturated rings. The maximum absolute atomic E-state index is 14.0. The van der Waals surface area contributed by atoms with Crippen LogP contribution in [0, 0.1) is 11.8 Å². The second-order valence-corrected chi connectivity index (χ2v) is 10.8. The Morgan fingerprint density at radius 2 is 1.68 bits per heavy atom. The van der Waals surface area contributed by atoms with E-state index in [0.29, 0.717) is 11.1 Å². The van der Waals surface area contributed by atoms with Crippen LogP contribution >= 0.6 is 0 Å². The van der Waals surface area contributed by atoms with Crippen molar-refractivity contribution in [3.05, 3.63) is 81.6 Å². The first-order chi connectivity index (χ1) is 18.8. The molecule has 0 saturated heterocycles. The number of hydrogen-bond donors (Lipinski definition) is 6. The van der Waals surface area contributed by atoms with Gasteiger partial charge in [-0.1, -0.05) is 61.5 Å². The van der Waals surface area contributed by atoms with E-state index < -0.39 is 75.6 Å². The minimum Gasteiger partial charge on any atom is -0.508 e. The number of amides is 1. The summed E-state index contributed by atoms with van der Waals surface area (Å²) in [6.45, 7) is 1.69. The molecule has 1 amide bonds. The highest BCUT2D eigenvalue weighted by atomic mass is 16.4. The Morgan fingerprint density at radius 3 is 2.27 bits per heavy atom. The van der Waals surface area contributed by atoms with E-state index in [2.05, 4.69) is 0 Å². The van der Waals surface area contributed by atoms with Crippen molar-refractivity contribution in [1.29, 1.82) is 0 Å². The maximum Gasteiger partial charge on any atom is 0.255 e. The van der Waals surface area contributed by atoms with Gasteiger partial charge in [-0.15, -0.1) is 0 Å². The van der Waals surface area contributed by atoms with Gasteiger partial charge in [-0.3, -0.25) is 19.3 Å². The number of rotatable bonds is 4. The second kappa shape index (κ2) is 9.44. The zero-order valence-electron chi connectivity index (χ0n) is 22.1. The van der Waals surface area contributed by atoms with Crippen LogP contribution in [0.2, 0.25) is 0 Å². The molecule has 208 valence electrons. The van der Waals surface area contributed by atoms with Gasteiger partial charge < -0.3 is 31.3 Å². The highest BCUT2D eigenvalue weighted by Crippen LogP contribution is 2.56. The molecule has 0 unspecified atom stereocenters. The number of Topliss-reactive ketones (excluding diaryl/α,β-unsaturated/α-hetero) is 2. The molecule has 0 radical (unpaired) electrons.